The molecular weight excluding hydrogens is 288 g/mol. The summed E-state index contributed by atoms with van der Waals surface area (Å²) in [5.74, 6) is 0.0353. The summed E-state index contributed by atoms with van der Waals surface area (Å²) in [7, 11) is 0. The van der Waals surface area contributed by atoms with Gasteiger partial charge in [0.1, 0.15) is 0 Å². The summed E-state index contributed by atoms with van der Waals surface area (Å²) in [5, 5.41) is 12.2. The predicted molar refractivity (Wildman–Crippen MR) is 87.5 cm³/mol. The van der Waals surface area contributed by atoms with Crippen LogP contribution in [0.1, 0.15) is 25.8 Å². The highest BCUT2D eigenvalue weighted by Gasteiger charge is 2.20. The van der Waals surface area contributed by atoms with Gasteiger partial charge in [-0.25, -0.2) is 0 Å². The van der Waals surface area contributed by atoms with Gasteiger partial charge in [-0.05, 0) is 31.5 Å². The van der Waals surface area contributed by atoms with Gasteiger partial charge in [0.15, 0.2) is 5.84 Å². The second kappa shape index (κ2) is 7.00. The molecule has 1 unspecified atom stereocenters. The van der Waals surface area contributed by atoms with Crippen LogP contribution in [0.2, 0.25) is 5.02 Å². The van der Waals surface area contributed by atoms with E-state index in [0.717, 1.165) is 31.9 Å². The highest BCUT2D eigenvalue weighted by molar-refractivity contribution is 6.34. The highest BCUT2D eigenvalue weighted by atomic mass is 35.5. The van der Waals surface area contributed by atoms with Crippen LogP contribution in [0.25, 0.3) is 0 Å². The molecule has 1 aliphatic rings. The number of halogens is 1. The zero-order valence-electron chi connectivity index (χ0n) is 12.6. The third kappa shape index (κ3) is 3.60. The van der Waals surface area contributed by atoms with E-state index in [2.05, 4.69) is 28.8 Å². The van der Waals surface area contributed by atoms with Crippen molar-refractivity contribution in [1.82, 2.24) is 4.90 Å². The second-order valence-electron chi connectivity index (χ2n) is 5.43. The average Bonchev–Trinajstić information content (AvgIpc) is 2.53. The van der Waals surface area contributed by atoms with Gasteiger partial charge in [0, 0.05) is 43.5 Å². The first-order chi connectivity index (χ1) is 10.1. The molecule has 0 bridgehead atoms. The maximum atomic E-state index is 8.72. The monoisotopic (exact) mass is 310 g/mol. The molecule has 1 atom stereocenters. The molecule has 21 heavy (non-hydrogen) atoms. The van der Waals surface area contributed by atoms with Crippen LogP contribution in [-0.2, 0) is 0 Å². The zero-order valence-corrected chi connectivity index (χ0v) is 13.3. The van der Waals surface area contributed by atoms with Crippen LogP contribution >= 0.6 is 11.6 Å². The van der Waals surface area contributed by atoms with Crippen molar-refractivity contribution >= 4 is 23.1 Å². The quantitative estimate of drug-likeness (QED) is 0.388. The van der Waals surface area contributed by atoms with Crippen LogP contribution in [0.5, 0.6) is 0 Å². The van der Waals surface area contributed by atoms with Gasteiger partial charge in [-0.15, -0.1) is 0 Å². The number of nitrogens with zero attached hydrogens (tertiary/aromatic N) is 3. The van der Waals surface area contributed by atoms with E-state index in [-0.39, 0.29) is 5.84 Å². The van der Waals surface area contributed by atoms with E-state index in [9.17, 15) is 0 Å². The van der Waals surface area contributed by atoms with Crippen molar-refractivity contribution in [1.29, 1.82) is 0 Å². The predicted octanol–water partition coefficient (Wildman–Crippen LogP) is 2.36. The van der Waals surface area contributed by atoms with Gasteiger partial charge in [0.05, 0.1) is 5.02 Å². The van der Waals surface area contributed by atoms with Crippen molar-refractivity contribution in [3.63, 3.8) is 0 Å². The van der Waals surface area contributed by atoms with E-state index in [1.807, 2.05) is 12.1 Å². The minimum atomic E-state index is 0.0353. The van der Waals surface area contributed by atoms with Crippen LogP contribution in [-0.4, -0.2) is 48.2 Å². The lowest BCUT2D eigenvalue weighted by Gasteiger charge is -2.39. The Bertz CT molecular complexity index is 512. The number of hydrogen-bond acceptors (Lipinski definition) is 4. The largest absolute Gasteiger partial charge is 0.409 e. The van der Waals surface area contributed by atoms with Gasteiger partial charge in [0.2, 0.25) is 0 Å². The molecule has 1 heterocycles. The van der Waals surface area contributed by atoms with Gasteiger partial charge < -0.3 is 15.8 Å². The molecule has 0 radical (unpaired) electrons. The minimum absolute atomic E-state index is 0.0353. The molecule has 0 amide bonds. The molecule has 1 aliphatic heterocycles. The van der Waals surface area contributed by atoms with Crippen molar-refractivity contribution in [2.24, 2.45) is 10.9 Å². The van der Waals surface area contributed by atoms with E-state index in [1.165, 1.54) is 6.42 Å². The third-order valence-corrected chi connectivity index (χ3v) is 4.54. The molecule has 1 aromatic carbocycles. The van der Waals surface area contributed by atoms with Crippen LogP contribution in [0, 0.1) is 0 Å². The number of hydrogen-bond donors (Lipinski definition) is 2. The van der Waals surface area contributed by atoms with Crippen molar-refractivity contribution in [2.75, 3.05) is 31.1 Å². The second-order valence-corrected chi connectivity index (χ2v) is 5.84. The Kier molecular flexibility index (Phi) is 5.31. The maximum absolute atomic E-state index is 8.72. The Balaban J connectivity index is 2.06. The summed E-state index contributed by atoms with van der Waals surface area (Å²) in [6, 6.07) is 6.29. The smallest absolute Gasteiger partial charge is 0.171 e. The molecule has 1 saturated heterocycles. The van der Waals surface area contributed by atoms with E-state index < -0.39 is 0 Å². The maximum Gasteiger partial charge on any atom is 0.171 e. The number of amidine groups is 1. The first-order valence-electron chi connectivity index (χ1n) is 7.33. The Morgan fingerprint density at radius 1 is 1.38 bits per heavy atom. The highest BCUT2D eigenvalue weighted by Crippen LogP contribution is 2.25. The molecule has 0 saturated carbocycles. The van der Waals surface area contributed by atoms with Gasteiger partial charge in [0.25, 0.3) is 0 Å². The number of oxime groups is 1. The topological polar surface area (TPSA) is 65.1 Å². The van der Waals surface area contributed by atoms with Crippen molar-refractivity contribution in [3.8, 4) is 0 Å². The lowest BCUT2D eigenvalue weighted by Crippen LogP contribution is -2.49. The Hall–Kier alpha value is -1.46. The summed E-state index contributed by atoms with van der Waals surface area (Å²) in [4.78, 5) is 4.84. The number of anilines is 1. The Morgan fingerprint density at radius 3 is 2.57 bits per heavy atom. The van der Waals surface area contributed by atoms with Gasteiger partial charge in [-0.1, -0.05) is 23.7 Å². The van der Waals surface area contributed by atoms with Crippen molar-refractivity contribution in [2.45, 2.75) is 26.3 Å². The number of nitrogens with two attached hydrogens (primary N) is 1. The van der Waals surface area contributed by atoms with Crippen molar-refractivity contribution in [3.05, 3.63) is 28.8 Å². The van der Waals surface area contributed by atoms with E-state index in [4.69, 9.17) is 22.5 Å². The molecule has 0 aliphatic carbocycles. The normalized spacial score (nSPS) is 18.8. The summed E-state index contributed by atoms with van der Waals surface area (Å²) >= 11 is 6.21. The van der Waals surface area contributed by atoms with Crippen LogP contribution < -0.4 is 10.6 Å². The number of rotatable bonds is 4. The summed E-state index contributed by atoms with van der Waals surface area (Å²) in [5.41, 5.74) is 7.22. The SMILES string of the molecule is CCC(C)N1CCN(c2ccc(C(N)=NO)c(Cl)c2)CC1. The molecule has 1 aromatic rings. The fraction of sp³-hybridized carbons (Fsp3) is 0.533. The number of piperazine rings is 1. The molecule has 5 nitrogen and oxygen atoms in total. The zero-order chi connectivity index (χ0) is 15.4. The van der Waals surface area contributed by atoms with Gasteiger partial charge in [-0.2, -0.15) is 0 Å². The molecular formula is C15H23ClN4O. The minimum Gasteiger partial charge on any atom is -0.409 e. The number of benzene rings is 1. The summed E-state index contributed by atoms with van der Waals surface area (Å²) < 4.78 is 0. The van der Waals surface area contributed by atoms with Crippen LogP contribution in [0.4, 0.5) is 5.69 Å². The third-order valence-electron chi connectivity index (χ3n) is 4.23. The fourth-order valence-corrected chi connectivity index (χ4v) is 2.91. The Morgan fingerprint density at radius 2 is 2.05 bits per heavy atom. The van der Waals surface area contributed by atoms with Crippen LogP contribution in [0.3, 0.4) is 0 Å². The summed E-state index contributed by atoms with van der Waals surface area (Å²) in [6.07, 6.45) is 1.18. The van der Waals surface area contributed by atoms with E-state index >= 15 is 0 Å². The molecule has 0 spiro atoms. The first-order valence-corrected chi connectivity index (χ1v) is 7.71. The van der Waals surface area contributed by atoms with E-state index in [1.54, 1.807) is 6.07 Å². The lowest BCUT2D eigenvalue weighted by atomic mass is 10.1. The summed E-state index contributed by atoms with van der Waals surface area (Å²) in [6.45, 7) is 8.61. The molecule has 1 fully saturated rings. The van der Waals surface area contributed by atoms with Gasteiger partial charge >= 0.3 is 0 Å². The molecule has 2 rings (SSSR count). The van der Waals surface area contributed by atoms with Gasteiger partial charge in [-0.3, -0.25) is 4.90 Å². The Labute approximate surface area is 131 Å². The van der Waals surface area contributed by atoms with E-state index in [0.29, 0.717) is 16.6 Å². The average molecular weight is 311 g/mol. The van der Waals surface area contributed by atoms with Crippen molar-refractivity contribution < 1.29 is 5.21 Å². The fourth-order valence-electron chi connectivity index (χ4n) is 2.64. The standard InChI is InChI=1S/C15H23ClN4O/c1-3-11(2)19-6-8-20(9-7-19)12-4-5-13(14(16)10-12)15(17)18-21/h4-5,10-11,21H,3,6-9H2,1-2H3,(H2,17,18). The molecule has 116 valence electrons. The molecule has 0 aromatic heterocycles. The van der Waals surface area contributed by atoms with Crippen LogP contribution in [0.15, 0.2) is 23.4 Å². The first kappa shape index (κ1) is 15.9. The molecule has 6 heteroatoms. The lowest BCUT2D eigenvalue weighted by molar-refractivity contribution is 0.193. The molecule has 3 N–H and O–H groups in total.